The van der Waals surface area contributed by atoms with Gasteiger partial charge in [-0.1, -0.05) is 12.1 Å². The zero-order valence-corrected chi connectivity index (χ0v) is 21.4. The molecule has 0 saturated carbocycles. The molecule has 1 fully saturated rings. The topological polar surface area (TPSA) is 93.2 Å². The summed E-state index contributed by atoms with van der Waals surface area (Å²) in [7, 11) is -7.75. The number of hydrogen-bond donors (Lipinski definition) is 0. The van der Waals surface area contributed by atoms with Crippen LogP contribution in [0.15, 0.2) is 46.2 Å². The van der Waals surface area contributed by atoms with Crippen molar-refractivity contribution < 1.29 is 26.3 Å². The summed E-state index contributed by atoms with van der Waals surface area (Å²) in [4.78, 5) is 0.204. The summed E-state index contributed by atoms with van der Waals surface area (Å²) in [5.41, 5.74) is 1.60. The lowest BCUT2D eigenvalue weighted by atomic mass is 10.2. The highest BCUT2D eigenvalue weighted by Crippen LogP contribution is 2.33. The van der Waals surface area contributed by atoms with E-state index in [1.54, 1.807) is 57.2 Å². The van der Waals surface area contributed by atoms with E-state index in [9.17, 15) is 16.8 Å². The van der Waals surface area contributed by atoms with E-state index in [-0.39, 0.29) is 29.4 Å². The van der Waals surface area contributed by atoms with Crippen molar-refractivity contribution in [1.29, 1.82) is 0 Å². The Balaban J connectivity index is 1.90. The molecule has 1 atom stereocenters. The molecule has 0 bridgehead atoms. The lowest BCUT2D eigenvalue weighted by Crippen LogP contribution is -2.55. The molecule has 1 heterocycles. The van der Waals surface area contributed by atoms with E-state index in [0.29, 0.717) is 24.7 Å². The van der Waals surface area contributed by atoms with Gasteiger partial charge in [-0.15, -0.1) is 0 Å². The molecule has 2 aromatic carbocycles. The van der Waals surface area contributed by atoms with Crippen LogP contribution >= 0.6 is 0 Å². The van der Waals surface area contributed by atoms with Crippen molar-refractivity contribution in [2.24, 2.45) is 0 Å². The summed E-state index contributed by atoms with van der Waals surface area (Å²) in [5.74, 6) is 0.596. The van der Waals surface area contributed by atoms with Gasteiger partial charge in [-0.3, -0.25) is 0 Å². The number of benzene rings is 2. The van der Waals surface area contributed by atoms with Gasteiger partial charge in [-0.25, -0.2) is 16.8 Å². The summed E-state index contributed by atoms with van der Waals surface area (Å²) in [6.07, 6.45) is 0. The minimum Gasteiger partial charge on any atom is -0.492 e. The first kappa shape index (κ1) is 25.5. The van der Waals surface area contributed by atoms with E-state index >= 15 is 0 Å². The quantitative estimate of drug-likeness (QED) is 0.557. The highest BCUT2D eigenvalue weighted by atomic mass is 32.2. The van der Waals surface area contributed by atoms with Crippen molar-refractivity contribution in [3.05, 3.63) is 47.5 Å². The van der Waals surface area contributed by atoms with Gasteiger partial charge in [0.15, 0.2) is 0 Å². The molecule has 1 aliphatic heterocycles. The molecule has 0 aromatic heterocycles. The number of aryl methyl sites for hydroxylation is 2. The maximum atomic E-state index is 13.5. The normalized spacial score (nSPS) is 18.3. The largest absolute Gasteiger partial charge is 0.492 e. The molecule has 0 N–H and O–H groups in total. The molecular weight excluding hydrogens is 464 g/mol. The molecule has 1 aliphatic rings. The molecule has 0 spiro atoms. The summed E-state index contributed by atoms with van der Waals surface area (Å²) in [6.45, 7) is 9.75. The highest BCUT2D eigenvalue weighted by Gasteiger charge is 2.40. The monoisotopic (exact) mass is 496 g/mol. The van der Waals surface area contributed by atoms with Crippen LogP contribution < -0.4 is 9.47 Å². The van der Waals surface area contributed by atoms with Crippen molar-refractivity contribution in [3.8, 4) is 11.5 Å². The van der Waals surface area contributed by atoms with Crippen LogP contribution in [0.4, 0.5) is 0 Å². The highest BCUT2D eigenvalue weighted by molar-refractivity contribution is 7.89. The van der Waals surface area contributed by atoms with Crippen LogP contribution in [0.5, 0.6) is 11.5 Å². The van der Waals surface area contributed by atoms with Gasteiger partial charge in [0, 0.05) is 25.7 Å². The van der Waals surface area contributed by atoms with Crippen LogP contribution in [0.1, 0.15) is 31.9 Å². The van der Waals surface area contributed by atoms with Crippen LogP contribution in [0.3, 0.4) is 0 Å². The number of ether oxygens (including phenoxy) is 2. The second-order valence-electron chi connectivity index (χ2n) is 8.09. The van der Waals surface area contributed by atoms with E-state index in [4.69, 9.17) is 9.47 Å². The average molecular weight is 497 g/mol. The Morgan fingerprint density at radius 2 is 1.30 bits per heavy atom. The van der Waals surface area contributed by atoms with E-state index in [0.717, 1.165) is 11.1 Å². The zero-order chi connectivity index (χ0) is 24.4. The summed E-state index contributed by atoms with van der Waals surface area (Å²) >= 11 is 0. The molecule has 182 valence electrons. The number of sulfonamides is 2. The molecule has 0 aliphatic carbocycles. The van der Waals surface area contributed by atoms with Crippen molar-refractivity contribution in [2.45, 2.75) is 50.5 Å². The first-order chi connectivity index (χ1) is 15.5. The molecule has 33 heavy (non-hydrogen) atoms. The predicted molar refractivity (Wildman–Crippen MR) is 127 cm³/mol. The third-order valence-electron chi connectivity index (χ3n) is 5.53. The SMILES string of the molecule is CCOc1ccc(C)cc1S(=O)(=O)N1CCN(S(=O)(=O)c2cc(C)ccc2OCC)[C@H](C)C1. The van der Waals surface area contributed by atoms with Crippen LogP contribution in [0.25, 0.3) is 0 Å². The van der Waals surface area contributed by atoms with Crippen LogP contribution in [0, 0.1) is 13.8 Å². The van der Waals surface area contributed by atoms with Gasteiger partial charge in [-0.05, 0) is 70.0 Å². The summed E-state index contributed by atoms with van der Waals surface area (Å²) < 4.78 is 67.7. The van der Waals surface area contributed by atoms with Crippen molar-refractivity contribution >= 4 is 20.0 Å². The van der Waals surface area contributed by atoms with Crippen molar-refractivity contribution in [3.63, 3.8) is 0 Å². The van der Waals surface area contributed by atoms with E-state index in [1.165, 1.54) is 8.61 Å². The summed E-state index contributed by atoms with van der Waals surface area (Å²) in [5, 5.41) is 0. The van der Waals surface area contributed by atoms with Crippen LogP contribution in [-0.4, -0.2) is 64.3 Å². The van der Waals surface area contributed by atoms with E-state index in [2.05, 4.69) is 0 Å². The average Bonchev–Trinajstić information content (AvgIpc) is 2.76. The van der Waals surface area contributed by atoms with Gasteiger partial charge >= 0.3 is 0 Å². The fourth-order valence-electron chi connectivity index (χ4n) is 3.93. The second-order valence-corrected chi connectivity index (χ2v) is 11.9. The van der Waals surface area contributed by atoms with Gasteiger partial charge in [0.25, 0.3) is 0 Å². The molecule has 0 unspecified atom stereocenters. The fourth-order valence-corrected chi connectivity index (χ4v) is 7.49. The first-order valence-electron chi connectivity index (χ1n) is 11.0. The van der Waals surface area contributed by atoms with E-state index in [1.807, 2.05) is 13.8 Å². The molecular formula is C23H32N2O6S2. The molecule has 1 saturated heterocycles. The zero-order valence-electron chi connectivity index (χ0n) is 19.7. The Kier molecular flexibility index (Phi) is 7.73. The maximum Gasteiger partial charge on any atom is 0.247 e. The number of rotatable bonds is 8. The molecule has 0 amide bonds. The maximum absolute atomic E-state index is 13.5. The number of piperazine rings is 1. The fraction of sp³-hybridized carbons (Fsp3) is 0.478. The van der Waals surface area contributed by atoms with Gasteiger partial charge in [0.1, 0.15) is 21.3 Å². The molecule has 2 aromatic rings. The Morgan fingerprint density at radius 3 is 1.76 bits per heavy atom. The third kappa shape index (κ3) is 5.18. The third-order valence-corrected chi connectivity index (χ3v) is 9.45. The predicted octanol–water partition coefficient (Wildman–Crippen LogP) is 3.18. The van der Waals surface area contributed by atoms with Gasteiger partial charge in [-0.2, -0.15) is 8.61 Å². The lowest BCUT2D eigenvalue weighted by Gasteiger charge is -2.38. The number of nitrogens with zero attached hydrogens (tertiary/aromatic N) is 2. The number of hydrogen-bond acceptors (Lipinski definition) is 6. The molecule has 8 nitrogen and oxygen atoms in total. The van der Waals surface area contributed by atoms with Gasteiger partial charge < -0.3 is 9.47 Å². The van der Waals surface area contributed by atoms with Gasteiger partial charge in [0.05, 0.1) is 13.2 Å². The smallest absolute Gasteiger partial charge is 0.247 e. The van der Waals surface area contributed by atoms with Gasteiger partial charge in [0.2, 0.25) is 20.0 Å². The van der Waals surface area contributed by atoms with Crippen molar-refractivity contribution in [2.75, 3.05) is 32.8 Å². The summed E-state index contributed by atoms with van der Waals surface area (Å²) in [6, 6.07) is 9.54. The minimum absolute atomic E-state index is 0.0385. The van der Waals surface area contributed by atoms with E-state index < -0.39 is 26.1 Å². The minimum atomic E-state index is -3.88. The van der Waals surface area contributed by atoms with Crippen LogP contribution in [0.2, 0.25) is 0 Å². The van der Waals surface area contributed by atoms with Crippen LogP contribution in [-0.2, 0) is 20.0 Å². The Labute approximate surface area is 197 Å². The second kappa shape index (κ2) is 10.0. The molecule has 3 rings (SSSR count). The first-order valence-corrected chi connectivity index (χ1v) is 13.9. The molecule has 0 radical (unpaired) electrons. The Morgan fingerprint density at radius 1 is 0.818 bits per heavy atom. The standard InChI is InChI=1S/C23H32N2O6S2/c1-6-30-20-10-8-17(3)14-22(20)32(26,27)24-12-13-25(19(5)16-24)33(28,29)23-15-18(4)9-11-21(23)31-7-2/h8-11,14-15,19H,6-7,12-13,16H2,1-5H3/t19-/m1/s1. The Hall–Kier alpha value is -2.14. The Bertz CT molecular complexity index is 1210. The lowest BCUT2D eigenvalue weighted by molar-refractivity contribution is 0.211. The van der Waals surface area contributed by atoms with Crippen molar-refractivity contribution in [1.82, 2.24) is 8.61 Å². The molecule has 10 heteroatoms.